The Kier molecular flexibility index (Phi) is 8.08. The topological polar surface area (TPSA) is 26.7 Å². The summed E-state index contributed by atoms with van der Waals surface area (Å²) < 4.78 is 0. The van der Waals surface area contributed by atoms with Crippen molar-refractivity contribution >= 4 is 0 Å². The molecule has 20 heavy (non-hydrogen) atoms. The lowest BCUT2D eigenvalue weighted by molar-refractivity contribution is 0.0177. The summed E-state index contributed by atoms with van der Waals surface area (Å²) in [5.41, 5.74) is 0. The zero-order chi connectivity index (χ0) is 15.1. The number of aliphatic hydroxyl groups excluding tert-OH is 1. The first-order valence-corrected chi connectivity index (χ1v) is 8.49. The van der Waals surface area contributed by atoms with E-state index in [0.717, 1.165) is 44.4 Å². The molecule has 0 amide bonds. The average molecular weight is 284 g/mol. The molecule has 0 aromatic rings. The third-order valence-electron chi connectivity index (χ3n) is 4.82. The summed E-state index contributed by atoms with van der Waals surface area (Å²) in [6, 6.07) is 0. The second-order valence-corrected chi connectivity index (χ2v) is 7.25. The van der Waals surface area contributed by atoms with Gasteiger partial charge in [0.1, 0.15) is 0 Å². The van der Waals surface area contributed by atoms with Gasteiger partial charge in [-0.2, -0.15) is 0 Å². The third kappa shape index (κ3) is 6.11. The van der Waals surface area contributed by atoms with Crippen LogP contribution in [-0.2, 0) is 0 Å². The average Bonchev–Trinajstić information content (AvgIpc) is 2.38. The minimum Gasteiger partial charge on any atom is -0.393 e. The molecule has 0 spiro atoms. The highest BCUT2D eigenvalue weighted by molar-refractivity contribution is 4.83. The molecule has 1 N–H and O–H groups in total. The number of aliphatic hydroxyl groups is 1. The van der Waals surface area contributed by atoms with Crippen molar-refractivity contribution in [1.29, 1.82) is 0 Å². The van der Waals surface area contributed by atoms with Gasteiger partial charge in [-0.15, -0.1) is 0 Å². The summed E-state index contributed by atoms with van der Waals surface area (Å²) >= 11 is 0. The van der Waals surface area contributed by atoms with Crippen molar-refractivity contribution in [1.82, 2.24) is 9.80 Å². The van der Waals surface area contributed by atoms with Crippen molar-refractivity contribution in [3.05, 3.63) is 0 Å². The lowest BCUT2D eigenvalue weighted by atomic mass is 9.74. The Hall–Kier alpha value is -0.120. The van der Waals surface area contributed by atoms with E-state index in [2.05, 4.69) is 44.7 Å². The Bertz CT molecular complexity index is 255. The van der Waals surface area contributed by atoms with Crippen molar-refractivity contribution in [2.75, 3.05) is 40.3 Å². The van der Waals surface area contributed by atoms with Crippen LogP contribution in [0.1, 0.15) is 46.5 Å². The minimum absolute atomic E-state index is 0.0799. The normalized spacial score (nSPS) is 27.8. The predicted molar refractivity (Wildman–Crippen MR) is 87.0 cm³/mol. The molecule has 120 valence electrons. The van der Waals surface area contributed by atoms with Gasteiger partial charge in [0, 0.05) is 19.6 Å². The summed E-state index contributed by atoms with van der Waals surface area (Å²) in [5.74, 6) is 2.04. The zero-order valence-electron chi connectivity index (χ0n) is 14.3. The van der Waals surface area contributed by atoms with Gasteiger partial charge in [-0.3, -0.25) is 0 Å². The van der Waals surface area contributed by atoms with Crippen LogP contribution < -0.4 is 0 Å². The standard InChI is InChI=1S/C17H36N2O/c1-6-9-19(11-10-18(4)5)13-16-12-15(14(2)3)7-8-17(16)20/h14-17,20H,6-13H2,1-5H3. The van der Waals surface area contributed by atoms with Crippen LogP contribution in [0.25, 0.3) is 0 Å². The number of rotatable bonds is 8. The van der Waals surface area contributed by atoms with Gasteiger partial charge in [-0.25, -0.2) is 0 Å². The zero-order valence-corrected chi connectivity index (χ0v) is 14.3. The second kappa shape index (κ2) is 9.01. The van der Waals surface area contributed by atoms with Crippen LogP contribution in [0.4, 0.5) is 0 Å². The lowest BCUT2D eigenvalue weighted by Crippen LogP contribution is -2.42. The molecule has 0 heterocycles. The van der Waals surface area contributed by atoms with Crippen LogP contribution in [0.15, 0.2) is 0 Å². The highest BCUT2D eigenvalue weighted by Crippen LogP contribution is 2.34. The molecule has 3 unspecified atom stereocenters. The van der Waals surface area contributed by atoms with E-state index in [1.807, 2.05) is 0 Å². The van der Waals surface area contributed by atoms with Crippen molar-refractivity contribution in [2.45, 2.75) is 52.6 Å². The van der Waals surface area contributed by atoms with Gasteiger partial charge in [0.05, 0.1) is 6.10 Å². The molecule has 1 fully saturated rings. The third-order valence-corrected chi connectivity index (χ3v) is 4.82. The number of likely N-dealkylation sites (N-methyl/N-ethyl adjacent to an activating group) is 1. The molecule has 0 aromatic carbocycles. The highest BCUT2D eigenvalue weighted by Gasteiger charge is 2.31. The van der Waals surface area contributed by atoms with Crippen molar-refractivity contribution in [3.63, 3.8) is 0 Å². The van der Waals surface area contributed by atoms with Gasteiger partial charge in [0.25, 0.3) is 0 Å². The second-order valence-electron chi connectivity index (χ2n) is 7.25. The van der Waals surface area contributed by atoms with Gasteiger partial charge in [-0.1, -0.05) is 20.8 Å². The van der Waals surface area contributed by atoms with E-state index in [1.165, 1.54) is 19.3 Å². The summed E-state index contributed by atoms with van der Waals surface area (Å²) in [7, 11) is 4.27. The maximum atomic E-state index is 10.3. The maximum absolute atomic E-state index is 10.3. The van der Waals surface area contributed by atoms with Crippen molar-refractivity contribution in [3.8, 4) is 0 Å². The van der Waals surface area contributed by atoms with E-state index in [1.54, 1.807) is 0 Å². The molecule has 3 heteroatoms. The lowest BCUT2D eigenvalue weighted by Gasteiger charge is -2.38. The molecule has 1 rings (SSSR count). The van der Waals surface area contributed by atoms with E-state index < -0.39 is 0 Å². The summed E-state index contributed by atoms with van der Waals surface area (Å²) in [4.78, 5) is 4.80. The summed E-state index contributed by atoms with van der Waals surface area (Å²) in [5, 5.41) is 10.3. The SMILES string of the molecule is CCCN(CCN(C)C)CC1CC(C(C)C)CCC1O. The summed E-state index contributed by atoms with van der Waals surface area (Å²) in [6.45, 7) is 11.4. The fraction of sp³-hybridized carbons (Fsp3) is 1.00. The van der Waals surface area contributed by atoms with Gasteiger partial charge >= 0.3 is 0 Å². The fourth-order valence-corrected chi connectivity index (χ4v) is 3.37. The van der Waals surface area contributed by atoms with Crippen LogP contribution in [0.2, 0.25) is 0 Å². The van der Waals surface area contributed by atoms with Gasteiger partial charge in [-0.05, 0) is 64.1 Å². The molecule has 1 aliphatic rings. The van der Waals surface area contributed by atoms with Crippen molar-refractivity contribution < 1.29 is 5.11 Å². The molecular formula is C17H36N2O. The summed E-state index contributed by atoms with van der Waals surface area (Å²) in [6.07, 6.45) is 4.54. The largest absolute Gasteiger partial charge is 0.393 e. The van der Waals surface area contributed by atoms with Gasteiger partial charge in [0.15, 0.2) is 0 Å². The fourth-order valence-electron chi connectivity index (χ4n) is 3.37. The van der Waals surface area contributed by atoms with Crippen molar-refractivity contribution in [2.24, 2.45) is 17.8 Å². The van der Waals surface area contributed by atoms with Gasteiger partial charge < -0.3 is 14.9 Å². The molecule has 0 radical (unpaired) electrons. The van der Waals surface area contributed by atoms with E-state index in [9.17, 15) is 5.11 Å². The molecule has 0 aromatic heterocycles. The molecule has 0 bridgehead atoms. The van der Waals surface area contributed by atoms with E-state index in [4.69, 9.17) is 0 Å². The van der Waals surface area contributed by atoms with E-state index in [-0.39, 0.29) is 6.10 Å². The Morgan fingerprint density at radius 3 is 2.35 bits per heavy atom. The number of hydrogen-bond donors (Lipinski definition) is 1. The van der Waals surface area contributed by atoms with Crippen LogP contribution in [0.3, 0.4) is 0 Å². The van der Waals surface area contributed by atoms with Crippen LogP contribution in [0, 0.1) is 17.8 Å². The maximum Gasteiger partial charge on any atom is 0.0580 e. The van der Waals surface area contributed by atoms with E-state index in [0.29, 0.717) is 5.92 Å². The highest BCUT2D eigenvalue weighted by atomic mass is 16.3. The predicted octanol–water partition coefficient (Wildman–Crippen LogP) is 2.69. The minimum atomic E-state index is -0.0799. The van der Waals surface area contributed by atoms with Crippen LogP contribution in [-0.4, -0.2) is 61.3 Å². The Morgan fingerprint density at radius 2 is 1.80 bits per heavy atom. The van der Waals surface area contributed by atoms with Crippen LogP contribution in [0.5, 0.6) is 0 Å². The quantitative estimate of drug-likeness (QED) is 0.742. The molecule has 3 nitrogen and oxygen atoms in total. The number of nitrogens with zero attached hydrogens (tertiary/aromatic N) is 2. The number of hydrogen-bond acceptors (Lipinski definition) is 3. The Morgan fingerprint density at radius 1 is 1.10 bits per heavy atom. The first-order chi connectivity index (χ1) is 9.43. The molecule has 1 aliphatic carbocycles. The molecule has 3 atom stereocenters. The first kappa shape index (κ1) is 17.9. The van der Waals surface area contributed by atoms with Crippen LogP contribution >= 0.6 is 0 Å². The first-order valence-electron chi connectivity index (χ1n) is 8.49. The van der Waals surface area contributed by atoms with E-state index >= 15 is 0 Å². The van der Waals surface area contributed by atoms with Gasteiger partial charge in [0.2, 0.25) is 0 Å². The molecular weight excluding hydrogens is 248 g/mol. The Labute approximate surface area is 126 Å². The Balaban J connectivity index is 2.51. The monoisotopic (exact) mass is 284 g/mol. The smallest absolute Gasteiger partial charge is 0.0580 e. The molecule has 0 aliphatic heterocycles. The molecule has 1 saturated carbocycles. The molecule has 0 saturated heterocycles.